The minimum atomic E-state index is -0.0124. The molecular weight excluding hydrogens is 266 g/mol. The Hall–Kier alpha value is -1.95. The van der Waals surface area contributed by atoms with Crippen LogP contribution in [-0.2, 0) is 6.54 Å². The van der Waals surface area contributed by atoms with Crippen molar-refractivity contribution in [2.24, 2.45) is 0 Å². The largest absolute Gasteiger partial charge is 0.493 e. The number of aryl methyl sites for hydroxylation is 3. The number of hydrogen-bond donors (Lipinski definition) is 1. The molecule has 1 atom stereocenters. The SMILES string of the molecule is CCNC(c1cc(C)nnc1C)c1c(OC)cnn1CC. The molecule has 114 valence electrons. The molecular formula is C15H23N5O. The third-order valence-corrected chi connectivity index (χ3v) is 3.50. The molecule has 0 bridgehead atoms. The fourth-order valence-electron chi connectivity index (χ4n) is 2.50. The highest BCUT2D eigenvalue weighted by Crippen LogP contribution is 2.31. The zero-order valence-electron chi connectivity index (χ0n) is 13.3. The first kappa shape index (κ1) is 15.4. The molecule has 0 aliphatic carbocycles. The van der Waals surface area contributed by atoms with Gasteiger partial charge in [0.05, 0.1) is 30.7 Å². The summed E-state index contributed by atoms with van der Waals surface area (Å²) >= 11 is 0. The Balaban J connectivity index is 2.58. The van der Waals surface area contributed by atoms with Crippen LogP contribution in [0.5, 0.6) is 5.75 Å². The van der Waals surface area contributed by atoms with Crippen LogP contribution in [0.1, 0.15) is 42.5 Å². The number of hydrogen-bond acceptors (Lipinski definition) is 5. The summed E-state index contributed by atoms with van der Waals surface area (Å²) in [6.07, 6.45) is 1.76. The van der Waals surface area contributed by atoms with E-state index >= 15 is 0 Å². The fourth-order valence-corrected chi connectivity index (χ4v) is 2.50. The number of nitrogens with zero attached hydrogens (tertiary/aromatic N) is 4. The highest BCUT2D eigenvalue weighted by Gasteiger charge is 2.24. The lowest BCUT2D eigenvalue weighted by molar-refractivity contribution is 0.399. The van der Waals surface area contributed by atoms with Crippen LogP contribution in [0.2, 0.25) is 0 Å². The molecule has 6 nitrogen and oxygen atoms in total. The maximum Gasteiger partial charge on any atom is 0.161 e. The zero-order valence-corrected chi connectivity index (χ0v) is 13.3. The molecule has 0 spiro atoms. The summed E-state index contributed by atoms with van der Waals surface area (Å²) in [5, 5.41) is 16.3. The average molecular weight is 289 g/mol. The molecule has 1 N–H and O–H groups in total. The molecule has 21 heavy (non-hydrogen) atoms. The first-order valence-electron chi connectivity index (χ1n) is 7.26. The van der Waals surface area contributed by atoms with Gasteiger partial charge < -0.3 is 10.1 Å². The average Bonchev–Trinajstić information content (AvgIpc) is 2.90. The topological polar surface area (TPSA) is 64.9 Å². The smallest absolute Gasteiger partial charge is 0.161 e. The van der Waals surface area contributed by atoms with E-state index in [0.717, 1.165) is 41.5 Å². The van der Waals surface area contributed by atoms with E-state index in [2.05, 4.69) is 40.5 Å². The van der Waals surface area contributed by atoms with Crippen LogP contribution in [-0.4, -0.2) is 33.6 Å². The Morgan fingerprint density at radius 3 is 2.67 bits per heavy atom. The van der Waals surface area contributed by atoms with Crippen LogP contribution in [0.3, 0.4) is 0 Å². The van der Waals surface area contributed by atoms with Gasteiger partial charge in [0, 0.05) is 12.1 Å². The standard InChI is InChI=1S/C15H23N5O/c1-6-16-14(12-8-10(3)18-19-11(12)4)15-13(21-5)9-17-20(15)7-2/h8-9,14,16H,6-7H2,1-5H3. The Morgan fingerprint density at radius 2 is 2.05 bits per heavy atom. The van der Waals surface area contributed by atoms with Crippen molar-refractivity contribution in [3.63, 3.8) is 0 Å². The first-order valence-corrected chi connectivity index (χ1v) is 7.26. The summed E-state index contributed by atoms with van der Waals surface area (Å²) in [6.45, 7) is 9.71. The second-order valence-electron chi connectivity index (χ2n) is 4.93. The summed E-state index contributed by atoms with van der Waals surface area (Å²) < 4.78 is 7.45. The van der Waals surface area contributed by atoms with E-state index in [1.165, 1.54) is 0 Å². The van der Waals surface area contributed by atoms with Crippen molar-refractivity contribution in [2.75, 3.05) is 13.7 Å². The van der Waals surface area contributed by atoms with Gasteiger partial charge in [0.2, 0.25) is 0 Å². The third kappa shape index (κ3) is 3.05. The monoisotopic (exact) mass is 289 g/mol. The van der Waals surface area contributed by atoms with Crippen molar-refractivity contribution in [3.8, 4) is 5.75 Å². The van der Waals surface area contributed by atoms with Gasteiger partial charge in [0.25, 0.3) is 0 Å². The maximum absolute atomic E-state index is 5.49. The van der Waals surface area contributed by atoms with E-state index < -0.39 is 0 Å². The van der Waals surface area contributed by atoms with Gasteiger partial charge in [0.15, 0.2) is 5.75 Å². The van der Waals surface area contributed by atoms with E-state index in [-0.39, 0.29) is 6.04 Å². The number of nitrogens with one attached hydrogen (secondary N) is 1. The Morgan fingerprint density at radius 1 is 1.29 bits per heavy atom. The fraction of sp³-hybridized carbons (Fsp3) is 0.533. The number of methoxy groups -OCH3 is 1. The number of ether oxygens (including phenoxy) is 1. The molecule has 0 aromatic carbocycles. The molecule has 1 unspecified atom stereocenters. The van der Waals surface area contributed by atoms with Crippen molar-refractivity contribution in [2.45, 2.75) is 40.3 Å². The van der Waals surface area contributed by atoms with E-state index in [4.69, 9.17) is 4.74 Å². The molecule has 0 aliphatic heterocycles. The van der Waals surface area contributed by atoms with E-state index in [1.807, 2.05) is 18.5 Å². The van der Waals surface area contributed by atoms with E-state index in [0.29, 0.717) is 0 Å². The van der Waals surface area contributed by atoms with E-state index in [9.17, 15) is 0 Å². The molecule has 0 fully saturated rings. The van der Waals surface area contributed by atoms with Crippen LogP contribution in [0, 0.1) is 13.8 Å². The molecule has 6 heteroatoms. The van der Waals surface area contributed by atoms with Gasteiger partial charge in [-0.05, 0) is 33.4 Å². The second-order valence-corrected chi connectivity index (χ2v) is 4.93. The van der Waals surface area contributed by atoms with Crippen molar-refractivity contribution < 1.29 is 4.74 Å². The normalized spacial score (nSPS) is 12.4. The molecule has 2 aromatic heterocycles. The van der Waals surface area contributed by atoms with Gasteiger partial charge in [-0.1, -0.05) is 6.92 Å². The highest BCUT2D eigenvalue weighted by atomic mass is 16.5. The predicted molar refractivity (Wildman–Crippen MR) is 81.5 cm³/mol. The van der Waals surface area contributed by atoms with Gasteiger partial charge in [-0.3, -0.25) is 4.68 Å². The van der Waals surface area contributed by atoms with Crippen LogP contribution in [0.4, 0.5) is 0 Å². The zero-order chi connectivity index (χ0) is 15.4. The Bertz CT molecular complexity index is 587. The predicted octanol–water partition coefficient (Wildman–Crippen LogP) is 2.02. The molecule has 0 radical (unpaired) electrons. The van der Waals surface area contributed by atoms with Gasteiger partial charge in [-0.2, -0.15) is 15.3 Å². The van der Waals surface area contributed by atoms with Gasteiger partial charge in [-0.15, -0.1) is 0 Å². The number of rotatable bonds is 6. The maximum atomic E-state index is 5.49. The molecule has 0 aliphatic rings. The summed E-state index contributed by atoms with van der Waals surface area (Å²) in [6, 6.07) is 2.06. The van der Waals surface area contributed by atoms with E-state index in [1.54, 1.807) is 13.3 Å². The minimum absolute atomic E-state index is 0.0124. The molecule has 2 heterocycles. The summed E-state index contributed by atoms with van der Waals surface area (Å²) in [7, 11) is 1.67. The first-order chi connectivity index (χ1) is 10.1. The van der Waals surface area contributed by atoms with Gasteiger partial charge in [-0.25, -0.2) is 0 Å². The van der Waals surface area contributed by atoms with Crippen molar-refractivity contribution in [1.82, 2.24) is 25.3 Å². The van der Waals surface area contributed by atoms with Crippen molar-refractivity contribution in [1.29, 1.82) is 0 Å². The summed E-state index contributed by atoms with van der Waals surface area (Å²) in [5.74, 6) is 0.789. The van der Waals surface area contributed by atoms with Crippen LogP contribution < -0.4 is 10.1 Å². The molecule has 0 amide bonds. The third-order valence-electron chi connectivity index (χ3n) is 3.50. The highest BCUT2D eigenvalue weighted by molar-refractivity contribution is 5.38. The van der Waals surface area contributed by atoms with Gasteiger partial charge in [0.1, 0.15) is 5.69 Å². The lowest BCUT2D eigenvalue weighted by atomic mass is 10.0. The lowest BCUT2D eigenvalue weighted by Gasteiger charge is -2.22. The minimum Gasteiger partial charge on any atom is -0.493 e. The number of aromatic nitrogens is 4. The molecule has 0 saturated carbocycles. The second kappa shape index (κ2) is 6.67. The summed E-state index contributed by atoms with van der Waals surface area (Å²) in [4.78, 5) is 0. The Kier molecular flexibility index (Phi) is 4.90. The lowest BCUT2D eigenvalue weighted by Crippen LogP contribution is -2.26. The Labute approximate surface area is 125 Å². The van der Waals surface area contributed by atoms with Crippen LogP contribution in [0.25, 0.3) is 0 Å². The van der Waals surface area contributed by atoms with Crippen molar-refractivity contribution in [3.05, 3.63) is 34.9 Å². The summed E-state index contributed by atoms with van der Waals surface area (Å²) in [5.41, 5.74) is 3.95. The molecule has 2 rings (SSSR count). The van der Waals surface area contributed by atoms with Crippen LogP contribution in [0.15, 0.2) is 12.3 Å². The molecule has 2 aromatic rings. The quantitative estimate of drug-likeness (QED) is 0.881. The molecule has 0 saturated heterocycles. The van der Waals surface area contributed by atoms with Gasteiger partial charge >= 0.3 is 0 Å². The van der Waals surface area contributed by atoms with Crippen molar-refractivity contribution >= 4 is 0 Å². The van der Waals surface area contributed by atoms with Crippen LogP contribution >= 0.6 is 0 Å².